The number of rotatable bonds is 14. The third-order valence-electron chi connectivity index (χ3n) is 1.78. The van der Waals surface area contributed by atoms with Crippen LogP contribution in [-0.2, 0) is 14.2 Å². The summed E-state index contributed by atoms with van der Waals surface area (Å²) < 4.78 is 60.8. The zero-order chi connectivity index (χ0) is 16.2. The number of hydrogen-bond donors (Lipinski definition) is 0. The minimum absolute atomic E-state index is 0.108. The molecule has 0 atom stereocenters. The summed E-state index contributed by atoms with van der Waals surface area (Å²) in [4.78, 5) is 0. The van der Waals surface area contributed by atoms with Gasteiger partial charge in [-0.3, -0.25) is 0 Å². The van der Waals surface area contributed by atoms with E-state index in [1.807, 2.05) is 0 Å². The van der Waals surface area contributed by atoms with Crippen LogP contribution in [0.3, 0.4) is 0 Å². The highest BCUT2D eigenvalue weighted by Crippen LogP contribution is 2.46. The summed E-state index contributed by atoms with van der Waals surface area (Å²) in [6, 6.07) is 0. The van der Waals surface area contributed by atoms with Crippen molar-refractivity contribution in [3.05, 3.63) is 0 Å². The van der Waals surface area contributed by atoms with E-state index in [0.29, 0.717) is 26.1 Å². The molecule has 0 aliphatic heterocycles. The Morgan fingerprint density at radius 1 is 0.667 bits per heavy atom. The Labute approximate surface area is 155 Å². The van der Waals surface area contributed by atoms with Gasteiger partial charge in [0, 0.05) is 13.2 Å². The van der Waals surface area contributed by atoms with Crippen LogP contribution in [0.1, 0.15) is 12.8 Å². The van der Waals surface area contributed by atoms with Gasteiger partial charge in [0.25, 0.3) is 6.35 Å². The largest absolute Gasteiger partial charge is 0.381 e. The van der Waals surface area contributed by atoms with Gasteiger partial charge in [0.05, 0.1) is 13.2 Å². The number of hydrogen-bond acceptors (Lipinski definition) is 7. The fourth-order valence-electron chi connectivity index (χ4n) is 0.925. The second-order valence-electron chi connectivity index (χ2n) is 3.29. The van der Waals surface area contributed by atoms with E-state index in [2.05, 4.69) is 31.9 Å². The van der Waals surface area contributed by atoms with Crippen molar-refractivity contribution < 1.29 is 29.8 Å². The van der Waals surface area contributed by atoms with Crippen molar-refractivity contribution in [2.24, 2.45) is 0 Å². The van der Waals surface area contributed by atoms with Crippen LogP contribution in [0.25, 0.3) is 0 Å². The van der Waals surface area contributed by atoms with Gasteiger partial charge in [0.1, 0.15) is 48.6 Å². The lowest BCUT2D eigenvalue weighted by molar-refractivity contribution is 0.0667. The average molecular weight is 520 g/mol. The molecular formula is C8H12Br2F4O3S4. The van der Waals surface area contributed by atoms with Crippen LogP contribution in [0, 0.1) is 0 Å². The molecule has 21 heavy (non-hydrogen) atoms. The summed E-state index contributed by atoms with van der Waals surface area (Å²) in [5, 5.41) is 0. The Morgan fingerprint density at radius 3 is 1.29 bits per heavy atom. The van der Waals surface area contributed by atoms with Crippen molar-refractivity contribution >= 4 is 80.5 Å². The average Bonchev–Trinajstić information content (AvgIpc) is 2.52. The predicted molar refractivity (Wildman–Crippen MR) is 90.1 cm³/mol. The summed E-state index contributed by atoms with van der Waals surface area (Å²) in [5.74, 6) is 0. The lowest BCUT2D eigenvalue weighted by Gasteiger charge is -2.18. The molecule has 0 saturated carbocycles. The fourth-order valence-corrected chi connectivity index (χ4v) is 1.95. The molecule has 0 aliphatic rings. The van der Waals surface area contributed by atoms with Gasteiger partial charge in [-0.25, -0.2) is 0 Å². The lowest BCUT2D eigenvalue weighted by Crippen LogP contribution is -2.16. The van der Waals surface area contributed by atoms with Crippen LogP contribution in [0.2, 0.25) is 0 Å². The zero-order valence-corrected chi connectivity index (χ0v) is 16.8. The van der Waals surface area contributed by atoms with E-state index in [1.165, 1.54) is 0 Å². The van der Waals surface area contributed by atoms with Gasteiger partial charge in [0.15, 0.2) is 0 Å². The first kappa shape index (κ1) is 23.0. The van der Waals surface area contributed by atoms with E-state index in [4.69, 9.17) is 14.2 Å². The molecule has 0 saturated heterocycles. The Hall–Kier alpha value is 1.96. The molecule has 0 aliphatic carbocycles. The van der Waals surface area contributed by atoms with Gasteiger partial charge in [-0.15, -0.1) is 0 Å². The monoisotopic (exact) mass is 518 g/mol. The molecule has 13 heteroatoms. The molecule has 0 bridgehead atoms. The fraction of sp³-hybridized carbons (Fsp3) is 1.00. The molecular weight excluding hydrogens is 508 g/mol. The van der Waals surface area contributed by atoms with Crippen molar-refractivity contribution in [1.82, 2.24) is 0 Å². The van der Waals surface area contributed by atoms with Crippen molar-refractivity contribution in [2.45, 2.75) is 19.2 Å². The summed E-state index contributed by atoms with van der Waals surface area (Å²) in [6.45, 7) is 0.868. The van der Waals surface area contributed by atoms with Crippen LogP contribution in [0.5, 0.6) is 0 Å². The highest BCUT2D eigenvalue weighted by molar-refractivity contribution is 9.14. The molecule has 0 aromatic carbocycles. The number of alkyl halides is 2. The van der Waals surface area contributed by atoms with Crippen molar-refractivity contribution in [1.29, 1.82) is 0 Å². The van der Waals surface area contributed by atoms with Crippen molar-refractivity contribution in [3.8, 4) is 0 Å². The van der Waals surface area contributed by atoms with E-state index < -0.39 is 6.35 Å². The first-order chi connectivity index (χ1) is 9.95. The van der Waals surface area contributed by atoms with E-state index in [9.17, 15) is 15.5 Å². The number of halogens is 6. The molecule has 128 valence electrons. The van der Waals surface area contributed by atoms with Crippen LogP contribution in [0.15, 0.2) is 0 Å². The Kier molecular flexibility index (Phi) is 14.5. The van der Waals surface area contributed by atoms with E-state index >= 15 is 0 Å². The molecule has 0 amide bonds. The van der Waals surface area contributed by atoms with Gasteiger partial charge in [0.2, 0.25) is 0 Å². The lowest BCUT2D eigenvalue weighted by atomic mass is 10.4. The van der Waals surface area contributed by atoms with Crippen molar-refractivity contribution in [3.63, 3.8) is 0 Å². The summed E-state index contributed by atoms with van der Waals surface area (Å²) >= 11 is 4.33. The standard InChI is InChI=1S/C8H12Br2F4O3S4/c9-7(18-11,19-12)16-5-1-3-15-4-2-6-17-8(10,20-13)21-14/h1-6H2. The first-order valence-electron chi connectivity index (χ1n) is 5.37. The second kappa shape index (κ2) is 13.3. The van der Waals surface area contributed by atoms with Gasteiger partial charge in [-0.2, -0.15) is 15.5 Å². The van der Waals surface area contributed by atoms with Crippen LogP contribution < -0.4 is 0 Å². The number of ether oxygens (including phenoxy) is 3. The Balaban J connectivity index is 3.45. The highest BCUT2D eigenvalue weighted by atomic mass is 79.9. The van der Waals surface area contributed by atoms with E-state index in [0.717, 1.165) is 0 Å². The van der Waals surface area contributed by atoms with Gasteiger partial charge in [-0.05, 0) is 44.7 Å². The predicted octanol–water partition coefficient (Wildman–Crippen LogP) is 6.30. The Morgan fingerprint density at radius 2 is 1.00 bits per heavy atom. The molecule has 0 aromatic rings. The van der Waals surface area contributed by atoms with Gasteiger partial charge < -0.3 is 14.2 Å². The van der Waals surface area contributed by atoms with Crippen LogP contribution in [-0.4, -0.2) is 32.8 Å². The third-order valence-corrected chi connectivity index (χ3v) is 5.67. The summed E-state index contributed by atoms with van der Waals surface area (Å²) in [5.41, 5.74) is 0. The normalized spacial score (nSPS) is 12.9. The smallest absolute Gasteiger partial charge is 0.277 e. The summed E-state index contributed by atoms with van der Waals surface area (Å²) in [6.07, 6.45) is 0.886. The zero-order valence-electron chi connectivity index (χ0n) is 10.4. The first-order valence-corrected chi connectivity index (χ1v) is 9.83. The highest BCUT2D eigenvalue weighted by Gasteiger charge is 2.32. The molecule has 3 nitrogen and oxygen atoms in total. The SMILES string of the molecule is FSC(Br)(OCCCOCCCOC(Br)(SF)SF)SF. The minimum atomic E-state index is -1.73. The quantitative estimate of drug-likeness (QED) is 0.115. The molecule has 0 rings (SSSR count). The van der Waals surface area contributed by atoms with E-state index in [1.54, 1.807) is 0 Å². The molecule has 0 unspecified atom stereocenters. The van der Waals surface area contributed by atoms with Crippen LogP contribution in [0.4, 0.5) is 15.5 Å². The van der Waals surface area contributed by atoms with Crippen molar-refractivity contribution in [2.75, 3.05) is 26.4 Å². The molecule has 0 heterocycles. The Bertz CT molecular complexity index is 242. The maximum atomic E-state index is 12.3. The maximum absolute atomic E-state index is 12.3. The molecule has 0 radical (unpaired) electrons. The van der Waals surface area contributed by atoms with E-state index in [-0.39, 0.29) is 61.8 Å². The minimum Gasteiger partial charge on any atom is -0.381 e. The molecule has 0 spiro atoms. The third kappa shape index (κ3) is 11.2. The molecule has 0 aromatic heterocycles. The summed E-state index contributed by atoms with van der Waals surface area (Å²) in [7, 11) is 0. The van der Waals surface area contributed by atoms with Gasteiger partial charge >= 0.3 is 0 Å². The second-order valence-corrected chi connectivity index (χ2v) is 11.1. The maximum Gasteiger partial charge on any atom is 0.277 e. The molecule has 0 N–H and O–H groups in total. The molecule has 0 fully saturated rings. The topological polar surface area (TPSA) is 27.7 Å². The van der Waals surface area contributed by atoms with Gasteiger partial charge in [-0.1, -0.05) is 0 Å². The van der Waals surface area contributed by atoms with Crippen LogP contribution >= 0.6 is 80.5 Å².